The molecule has 1 fully saturated rings. The largest absolute Gasteiger partial charge is 0.324 e. The van der Waals surface area contributed by atoms with Gasteiger partial charge in [-0.2, -0.15) is 0 Å². The predicted molar refractivity (Wildman–Crippen MR) is 60.4 cm³/mol. The Balaban J connectivity index is 0.00000144. The molecular weight excluding hydrogens is 184 g/mol. The molecule has 0 unspecified atom stereocenters. The van der Waals surface area contributed by atoms with Crippen LogP contribution in [0.15, 0.2) is 0 Å². The Kier molecular flexibility index (Phi) is 5.93. The molecule has 1 aliphatic carbocycles. The smallest absolute Gasteiger partial charge is 0.0223 e. The summed E-state index contributed by atoms with van der Waals surface area (Å²) in [7, 11) is 0. The molecule has 1 aliphatic rings. The first-order chi connectivity index (χ1) is 5.58. The van der Waals surface area contributed by atoms with Crippen molar-refractivity contribution in [2.75, 3.05) is 6.54 Å². The van der Waals surface area contributed by atoms with E-state index in [2.05, 4.69) is 19.2 Å². The first kappa shape index (κ1) is 13.2. The normalized spacial score (nSPS) is 19.6. The van der Waals surface area contributed by atoms with Crippen LogP contribution < -0.4 is 11.1 Å². The lowest BCUT2D eigenvalue weighted by molar-refractivity contribution is 0.342. The molecular formula is C10H23ClN2. The highest BCUT2D eigenvalue weighted by atomic mass is 35.5. The number of nitrogens with one attached hydrogen (secondary N) is 1. The second kappa shape index (κ2) is 5.84. The van der Waals surface area contributed by atoms with Crippen LogP contribution in [0.25, 0.3) is 0 Å². The van der Waals surface area contributed by atoms with E-state index in [-0.39, 0.29) is 17.9 Å². The van der Waals surface area contributed by atoms with E-state index in [0.717, 1.165) is 12.6 Å². The molecule has 0 heterocycles. The zero-order chi connectivity index (χ0) is 9.03. The van der Waals surface area contributed by atoms with Gasteiger partial charge in [-0.05, 0) is 26.7 Å². The summed E-state index contributed by atoms with van der Waals surface area (Å²) >= 11 is 0. The van der Waals surface area contributed by atoms with Gasteiger partial charge in [-0.3, -0.25) is 0 Å². The van der Waals surface area contributed by atoms with Gasteiger partial charge in [-0.15, -0.1) is 12.4 Å². The first-order valence-electron chi connectivity index (χ1n) is 5.10. The van der Waals surface area contributed by atoms with Crippen molar-refractivity contribution in [3.05, 3.63) is 0 Å². The molecule has 0 aromatic heterocycles. The summed E-state index contributed by atoms with van der Waals surface area (Å²) < 4.78 is 0. The zero-order valence-electron chi connectivity index (χ0n) is 8.81. The van der Waals surface area contributed by atoms with Gasteiger partial charge in [0, 0.05) is 18.1 Å². The van der Waals surface area contributed by atoms with Crippen LogP contribution in [0.4, 0.5) is 0 Å². The topological polar surface area (TPSA) is 38.0 Å². The van der Waals surface area contributed by atoms with Gasteiger partial charge >= 0.3 is 0 Å². The Labute approximate surface area is 88.1 Å². The summed E-state index contributed by atoms with van der Waals surface area (Å²) in [5.41, 5.74) is 5.83. The van der Waals surface area contributed by atoms with Crippen molar-refractivity contribution in [3.63, 3.8) is 0 Å². The molecule has 80 valence electrons. The van der Waals surface area contributed by atoms with Crippen molar-refractivity contribution in [1.82, 2.24) is 5.32 Å². The van der Waals surface area contributed by atoms with Gasteiger partial charge in [0.25, 0.3) is 0 Å². The fourth-order valence-corrected chi connectivity index (χ4v) is 1.71. The summed E-state index contributed by atoms with van der Waals surface area (Å²) in [6.07, 6.45) is 6.89. The highest BCUT2D eigenvalue weighted by Crippen LogP contribution is 2.17. The Morgan fingerprint density at radius 1 is 1.23 bits per heavy atom. The Hall–Kier alpha value is 0.210. The first-order valence-corrected chi connectivity index (χ1v) is 5.10. The summed E-state index contributed by atoms with van der Waals surface area (Å²) in [5.74, 6) is 0. The molecule has 0 bridgehead atoms. The molecule has 0 aromatic carbocycles. The van der Waals surface area contributed by atoms with Crippen LogP contribution in [0, 0.1) is 0 Å². The second-order valence-electron chi connectivity index (χ2n) is 4.70. The molecule has 3 heteroatoms. The minimum absolute atomic E-state index is 0. The summed E-state index contributed by atoms with van der Waals surface area (Å²) in [4.78, 5) is 0. The highest BCUT2D eigenvalue weighted by Gasteiger charge is 2.16. The Morgan fingerprint density at radius 2 is 1.77 bits per heavy atom. The van der Waals surface area contributed by atoms with Crippen molar-refractivity contribution in [3.8, 4) is 0 Å². The molecule has 1 rings (SSSR count). The standard InChI is InChI=1S/C10H22N2.ClH/c1-10(2,11)8-12-9-6-4-3-5-7-9;/h9,12H,3-8,11H2,1-2H3;1H. The molecule has 3 N–H and O–H groups in total. The highest BCUT2D eigenvalue weighted by molar-refractivity contribution is 5.85. The van der Waals surface area contributed by atoms with Crippen LogP contribution in [0.3, 0.4) is 0 Å². The van der Waals surface area contributed by atoms with Crippen LogP contribution in [-0.4, -0.2) is 18.1 Å². The van der Waals surface area contributed by atoms with Crippen LogP contribution in [0.1, 0.15) is 46.0 Å². The van der Waals surface area contributed by atoms with E-state index in [9.17, 15) is 0 Å². The predicted octanol–water partition coefficient (Wildman–Crippen LogP) is 2.07. The van der Waals surface area contributed by atoms with Gasteiger partial charge in [-0.25, -0.2) is 0 Å². The maximum absolute atomic E-state index is 5.89. The van der Waals surface area contributed by atoms with Crippen molar-refractivity contribution in [2.24, 2.45) is 5.73 Å². The zero-order valence-corrected chi connectivity index (χ0v) is 9.62. The lowest BCUT2D eigenvalue weighted by atomic mass is 9.95. The second-order valence-corrected chi connectivity index (χ2v) is 4.70. The van der Waals surface area contributed by atoms with E-state index in [1.54, 1.807) is 0 Å². The van der Waals surface area contributed by atoms with E-state index in [0.29, 0.717) is 0 Å². The lowest BCUT2D eigenvalue weighted by Crippen LogP contribution is -2.46. The lowest BCUT2D eigenvalue weighted by Gasteiger charge is -2.27. The minimum Gasteiger partial charge on any atom is -0.324 e. The van der Waals surface area contributed by atoms with Crippen LogP contribution in [-0.2, 0) is 0 Å². The van der Waals surface area contributed by atoms with Crippen LogP contribution >= 0.6 is 12.4 Å². The van der Waals surface area contributed by atoms with Crippen LogP contribution in [0.5, 0.6) is 0 Å². The maximum Gasteiger partial charge on any atom is 0.0223 e. The van der Waals surface area contributed by atoms with Crippen molar-refractivity contribution >= 4 is 12.4 Å². The number of rotatable bonds is 3. The van der Waals surface area contributed by atoms with E-state index < -0.39 is 0 Å². The molecule has 0 amide bonds. The van der Waals surface area contributed by atoms with Crippen LogP contribution in [0.2, 0.25) is 0 Å². The van der Waals surface area contributed by atoms with Crippen molar-refractivity contribution in [2.45, 2.75) is 57.5 Å². The molecule has 0 radical (unpaired) electrons. The van der Waals surface area contributed by atoms with E-state index >= 15 is 0 Å². The molecule has 0 saturated heterocycles. The van der Waals surface area contributed by atoms with Gasteiger partial charge in [-0.1, -0.05) is 19.3 Å². The quantitative estimate of drug-likeness (QED) is 0.742. The minimum atomic E-state index is -0.0581. The van der Waals surface area contributed by atoms with Crippen molar-refractivity contribution in [1.29, 1.82) is 0 Å². The number of hydrogen-bond acceptors (Lipinski definition) is 2. The van der Waals surface area contributed by atoms with Gasteiger partial charge in [0.15, 0.2) is 0 Å². The Morgan fingerprint density at radius 3 is 2.23 bits per heavy atom. The summed E-state index contributed by atoms with van der Waals surface area (Å²) in [5, 5.41) is 3.54. The molecule has 1 saturated carbocycles. The fraction of sp³-hybridized carbons (Fsp3) is 1.00. The van der Waals surface area contributed by atoms with Gasteiger partial charge in [0.2, 0.25) is 0 Å². The number of hydrogen-bond donors (Lipinski definition) is 2. The average molecular weight is 207 g/mol. The third-order valence-corrected chi connectivity index (χ3v) is 2.45. The molecule has 13 heavy (non-hydrogen) atoms. The summed E-state index contributed by atoms with van der Waals surface area (Å²) in [6.45, 7) is 5.09. The number of nitrogens with two attached hydrogens (primary N) is 1. The third kappa shape index (κ3) is 6.30. The average Bonchev–Trinajstić information content (AvgIpc) is 2.02. The van der Waals surface area contributed by atoms with Gasteiger partial charge in [0.1, 0.15) is 0 Å². The number of halogens is 1. The van der Waals surface area contributed by atoms with Crippen molar-refractivity contribution < 1.29 is 0 Å². The molecule has 0 aliphatic heterocycles. The molecule has 0 spiro atoms. The Bertz CT molecular complexity index is 125. The maximum atomic E-state index is 5.89. The molecule has 0 atom stereocenters. The van der Waals surface area contributed by atoms with E-state index in [1.807, 2.05) is 0 Å². The summed E-state index contributed by atoms with van der Waals surface area (Å²) in [6, 6.07) is 0.738. The fourth-order valence-electron chi connectivity index (χ4n) is 1.71. The van der Waals surface area contributed by atoms with Gasteiger partial charge < -0.3 is 11.1 Å². The monoisotopic (exact) mass is 206 g/mol. The molecule has 2 nitrogen and oxygen atoms in total. The van der Waals surface area contributed by atoms with E-state index in [1.165, 1.54) is 32.1 Å². The van der Waals surface area contributed by atoms with E-state index in [4.69, 9.17) is 5.73 Å². The SMILES string of the molecule is CC(C)(N)CNC1CCCCC1.Cl. The molecule has 0 aromatic rings. The van der Waals surface area contributed by atoms with Gasteiger partial charge in [0.05, 0.1) is 0 Å². The third-order valence-electron chi connectivity index (χ3n) is 2.45.